The summed E-state index contributed by atoms with van der Waals surface area (Å²) < 4.78 is 27.8. The Bertz CT molecular complexity index is 611. The summed E-state index contributed by atoms with van der Waals surface area (Å²) in [7, 11) is 0. The van der Waals surface area contributed by atoms with E-state index in [1.54, 1.807) is 0 Å². The van der Waals surface area contributed by atoms with Crippen LogP contribution in [0.15, 0.2) is 36.4 Å². The number of halogens is 3. The summed E-state index contributed by atoms with van der Waals surface area (Å²) in [6, 6.07) is 9.69. The number of rotatable bonds is 5. The van der Waals surface area contributed by atoms with Crippen molar-refractivity contribution in [3.63, 3.8) is 0 Å². The summed E-state index contributed by atoms with van der Waals surface area (Å²) in [5, 5.41) is 2.99. The van der Waals surface area contributed by atoms with Gasteiger partial charge in [-0.05, 0) is 36.2 Å². The first-order chi connectivity index (χ1) is 10.1. The highest BCUT2D eigenvalue weighted by atomic mass is 35.5. The SMILES string of the molecule is CCNC(c1ccc(CC)cc1)c1cc(F)c(Cl)cc1F. The minimum Gasteiger partial charge on any atom is -0.306 e. The van der Waals surface area contributed by atoms with Crippen LogP contribution in [0.4, 0.5) is 8.78 Å². The van der Waals surface area contributed by atoms with Crippen molar-refractivity contribution in [1.29, 1.82) is 0 Å². The summed E-state index contributed by atoms with van der Waals surface area (Å²) >= 11 is 5.62. The van der Waals surface area contributed by atoms with E-state index in [0.717, 1.165) is 18.1 Å². The van der Waals surface area contributed by atoms with Gasteiger partial charge < -0.3 is 5.32 Å². The average Bonchev–Trinajstić information content (AvgIpc) is 2.49. The molecule has 0 aliphatic carbocycles. The first-order valence-corrected chi connectivity index (χ1v) is 7.41. The second kappa shape index (κ2) is 7.01. The molecule has 2 aromatic carbocycles. The van der Waals surface area contributed by atoms with Gasteiger partial charge in [0, 0.05) is 5.56 Å². The van der Waals surface area contributed by atoms with Gasteiger partial charge in [0.25, 0.3) is 0 Å². The second-order valence-electron chi connectivity index (χ2n) is 4.87. The highest BCUT2D eigenvalue weighted by Crippen LogP contribution is 2.28. The molecule has 0 heterocycles. The van der Waals surface area contributed by atoms with Crippen LogP contribution in [0.3, 0.4) is 0 Å². The van der Waals surface area contributed by atoms with Crippen molar-refractivity contribution in [3.8, 4) is 0 Å². The molecule has 1 N–H and O–H groups in total. The Morgan fingerprint density at radius 3 is 2.29 bits per heavy atom. The maximum atomic E-state index is 14.1. The quantitative estimate of drug-likeness (QED) is 0.776. The summed E-state index contributed by atoms with van der Waals surface area (Å²) in [6.45, 7) is 4.65. The van der Waals surface area contributed by atoms with Crippen LogP contribution < -0.4 is 5.32 Å². The van der Waals surface area contributed by atoms with Gasteiger partial charge >= 0.3 is 0 Å². The molecule has 2 rings (SSSR count). The van der Waals surface area contributed by atoms with Crippen molar-refractivity contribution in [2.24, 2.45) is 0 Å². The fourth-order valence-corrected chi connectivity index (χ4v) is 2.47. The number of benzene rings is 2. The van der Waals surface area contributed by atoms with E-state index in [1.807, 2.05) is 31.2 Å². The minimum absolute atomic E-state index is 0.201. The van der Waals surface area contributed by atoms with Crippen molar-refractivity contribution in [1.82, 2.24) is 5.32 Å². The van der Waals surface area contributed by atoms with Crippen molar-refractivity contribution in [2.45, 2.75) is 26.3 Å². The third-order valence-corrected chi connectivity index (χ3v) is 3.77. The van der Waals surface area contributed by atoms with Crippen molar-refractivity contribution in [2.75, 3.05) is 6.54 Å². The van der Waals surface area contributed by atoms with Crippen LogP contribution in [0.2, 0.25) is 5.02 Å². The molecule has 0 fully saturated rings. The molecule has 0 spiro atoms. The van der Waals surface area contributed by atoms with Gasteiger partial charge in [0.05, 0.1) is 11.1 Å². The first-order valence-electron chi connectivity index (χ1n) is 7.03. The molecule has 0 amide bonds. The molecule has 0 radical (unpaired) electrons. The van der Waals surface area contributed by atoms with Crippen LogP contribution in [0.1, 0.15) is 36.6 Å². The Labute approximate surface area is 128 Å². The van der Waals surface area contributed by atoms with E-state index in [1.165, 1.54) is 11.6 Å². The Kier molecular flexibility index (Phi) is 5.32. The summed E-state index contributed by atoms with van der Waals surface area (Å²) in [4.78, 5) is 0. The molecular formula is C17H18ClF2N. The summed E-state index contributed by atoms with van der Waals surface area (Å²) in [5.74, 6) is -1.12. The van der Waals surface area contributed by atoms with Gasteiger partial charge in [-0.25, -0.2) is 8.78 Å². The van der Waals surface area contributed by atoms with E-state index in [-0.39, 0.29) is 10.6 Å². The average molecular weight is 310 g/mol. The van der Waals surface area contributed by atoms with Gasteiger partial charge in [-0.3, -0.25) is 0 Å². The number of hydrogen-bond acceptors (Lipinski definition) is 1. The van der Waals surface area contributed by atoms with Crippen LogP contribution in [-0.4, -0.2) is 6.54 Å². The molecule has 0 aliphatic rings. The fraction of sp³-hybridized carbons (Fsp3) is 0.294. The predicted octanol–water partition coefficient (Wildman–Crippen LogP) is 4.88. The maximum Gasteiger partial charge on any atom is 0.142 e. The zero-order valence-electron chi connectivity index (χ0n) is 12.1. The summed E-state index contributed by atoms with van der Waals surface area (Å²) in [5.41, 5.74) is 2.37. The van der Waals surface area contributed by atoms with E-state index in [4.69, 9.17) is 11.6 Å². The Morgan fingerprint density at radius 2 is 1.71 bits per heavy atom. The number of nitrogens with one attached hydrogen (secondary N) is 1. The maximum absolute atomic E-state index is 14.1. The second-order valence-corrected chi connectivity index (χ2v) is 5.28. The van der Waals surface area contributed by atoms with Gasteiger partial charge in [0.1, 0.15) is 11.6 Å². The standard InChI is InChI=1S/C17H18ClF2N/c1-3-11-5-7-12(8-6-11)17(21-4-2)13-9-16(20)14(18)10-15(13)19/h5-10,17,21H,3-4H2,1-2H3. The molecule has 112 valence electrons. The Hall–Kier alpha value is -1.45. The lowest BCUT2D eigenvalue weighted by molar-refractivity contribution is 0.545. The molecule has 0 saturated heterocycles. The lowest BCUT2D eigenvalue weighted by Gasteiger charge is -2.20. The van der Waals surface area contributed by atoms with Gasteiger partial charge in [-0.2, -0.15) is 0 Å². The lowest BCUT2D eigenvalue weighted by Crippen LogP contribution is -2.23. The number of hydrogen-bond donors (Lipinski definition) is 1. The van der Waals surface area contributed by atoms with E-state index in [9.17, 15) is 8.78 Å². The number of aryl methyl sites for hydroxylation is 1. The van der Waals surface area contributed by atoms with E-state index < -0.39 is 17.7 Å². The third kappa shape index (κ3) is 3.60. The molecule has 4 heteroatoms. The zero-order valence-corrected chi connectivity index (χ0v) is 12.8. The van der Waals surface area contributed by atoms with Crippen LogP contribution in [0.5, 0.6) is 0 Å². The van der Waals surface area contributed by atoms with Gasteiger partial charge in [0.15, 0.2) is 0 Å². The van der Waals surface area contributed by atoms with E-state index in [0.29, 0.717) is 6.54 Å². The third-order valence-electron chi connectivity index (χ3n) is 3.48. The largest absolute Gasteiger partial charge is 0.306 e. The summed E-state index contributed by atoms with van der Waals surface area (Å²) in [6.07, 6.45) is 0.941. The minimum atomic E-state index is -0.610. The molecule has 0 saturated carbocycles. The van der Waals surface area contributed by atoms with Crippen molar-refractivity contribution in [3.05, 3.63) is 69.7 Å². The fourth-order valence-electron chi connectivity index (χ4n) is 2.32. The van der Waals surface area contributed by atoms with Gasteiger partial charge in [0.2, 0.25) is 0 Å². The van der Waals surface area contributed by atoms with Crippen LogP contribution in [0, 0.1) is 11.6 Å². The molecule has 0 aliphatic heterocycles. The highest BCUT2D eigenvalue weighted by molar-refractivity contribution is 6.30. The van der Waals surface area contributed by atoms with Crippen molar-refractivity contribution < 1.29 is 8.78 Å². The smallest absolute Gasteiger partial charge is 0.142 e. The van der Waals surface area contributed by atoms with Crippen molar-refractivity contribution >= 4 is 11.6 Å². The molecular weight excluding hydrogens is 292 g/mol. The first kappa shape index (κ1) is 15.9. The Morgan fingerprint density at radius 1 is 1.05 bits per heavy atom. The van der Waals surface area contributed by atoms with E-state index in [2.05, 4.69) is 12.2 Å². The van der Waals surface area contributed by atoms with Gasteiger partial charge in [-0.15, -0.1) is 0 Å². The monoisotopic (exact) mass is 309 g/mol. The molecule has 1 nitrogen and oxygen atoms in total. The normalized spacial score (nSPS) is 12.4. The molecule has 1 unspecified atom stereocenters. The predicted molar refractivity (Wildman–Crippen MR) is 82.7 cm³/mol. The molecule has 0 aromatic heterocycles. The molecule has 0 bridgehead atoms. The van der Waals surface area contributed by atoms with Crippen LogP contribution in [-0.2, 0) is 6.42 Å². The lowest BCUT2D eigenvalue weighted by atomic mass is 9.96. The molecule has 1 atom stereocenters. The van der Waals surface area contributed by atoms with Crippen LogP contribution in [0.25, 0.3) is 0 Å². The zero-order chi connectivity index (χ0) is 15.4. The van der Waals surface area contributed by atoms with E-state index >= 15 is 0 Å². The topological polar surface area (TPSA) is 12.0 Å². The Balaban J connectivity index is 2.44. The molecule has 2 aromatic rings. The van der Waals surface area contributed by atoms with Crippen LogP contribution >= 0.6 is 11.6 Å². The molecule has 21 heavy (non-hydrogen) atoms. The van der Waals surface area contributed by atoms with Gasteiger partial charge in [-0.1, -0.05) is 49.7 Å². The highest BCUT2D eigenvalue weighted by Gasteiger charge is 2.19.